The third kappa shape index (κ3) is 4.61. The molecule has 0 spiro atoms. The molecule has 0 aromatic heterocycles. The third-order valence-electron chi connectivity index (χ3n) is 4.84. The summed E-state index contributed by atoms with van der Waals surface area (Å²) in [7, 11) is 0. The quantitative estimate of drug-likeness (QED) is 0.442. The van der Waals surface area contributed by atoms with Gasteiger partial charge in [-0.3, -0.25) is 24.1 Å². The van der Waals surface area contributed by atoms with E-state index in [1.807, 2.05) is 42.5 Å². The predicted octanol–water partition coefficient (Wildman–Crippen LogP) is 1.19. The van der Waals surface area contributed by atoms with Crippen molar-refractivity contribution in [3.8, 4) is 0 Å². The van der Waals surface area contributed by atoms with Gasteiger partial charge in [0.2, 0.25) is 11.8 Å². The molecular formula is C20H22N2O5. The van der Waals surface area contributed by atoms with E-state index in [2.05, 4.69) is 5.32 Å². The Hall–Kier alpha value is -2.96. The first-order valence-corrected chi connectivity index (χ1v) is 9.02. The van der Waals surface area contributed by atoms with Crippen LogP contribution in [-0.4, -0.2) is 41.7 Å². The minimum Gasteiger partial charge on any atom is -0.456 e. The van der Waals surface area contributed by atoms with Crippen LogP contribution >= 0.6 is 0 Å². The van der Waals surface area contributed by atoms with E-state index in [-0.39, 0.29) is 43.2 Å². The summed E-state index contributed by atoms with van der Waals surface area (Å²) in [6.07, 6.45) is 4.85. The Balaban J connectivity index is 1.38. The number of imide groups is 1. The Morgan fingerprint density at radius 2 is 1.67 bits per heavy atom. The first-order chi connectivity index (χ1) is 13.1. The van der Waals surface area contributed by atoms with Crippen molar-refractivity contribution in [1.29, 1.82) is 0 Å². The van der Waals surface area contributed by atoms with Crippen LogP contribution in [0.5, 0.6) is 0 Å². The maximum atomic E-state index is 12.3. The molecule has 142 valence electrons. The molecule has 1 heterocycles. The van der Waals surface area contributed by atoms with Gasteiger partial charge in [-0.2, -0.15) is 0 Å². The number of allylic oxidation sites excluding steroid dienone is 2. The third-order valence-corrected chi connectivity index (χ3v) is 4.84. The Morgan fingerprint density at radius 3 is 2.30 bits per heavy atom. The molecule has 1 fully saturated rings. The number of ether oxygens (including phenoxy) is 1. The average molecular weight is 370 g/mol. The highest BCUT2D eigenvalue weighted by Gasteiger charge is 2.46. The molecular weight excluding hydrogens is 348 g/mol. The number of rotatable bonds is 7. The number of benzene rings is 1. The molecule has 3 amide bonds. The van der Waals surface area contributed by atoms with Crippen LogP contribution in [0.15, 0.2) is 42.5 Å². The Kier molecular flexibility index (Phi) is 6.01. The molecule has 2 aliphatic rings. The van der Waals surface area contributed by atoms with Crippen molar-refractivity contribution in [3.05, 3.63) is 48.0 Å². The van der Waals surface area contributed by atoms with E-state index in [1.54, 1.807) is 0 Å². The maximum Gasteiger partial charge on any atom is 0.308 e. The second kappa shape index (κ2) is 8.62. The Morgan fingerprint density at radius 1 is 1.04 bits per heavy atom. The van der Waals surface area contributed by atoms with Crippen LogP contribution < -0.4 is 5.32 Å². The molecule has 2 atom stereocenters. The normalized spacial score (nSPS) is 21.1. The summed E-state index contributed by atoms with van der Waals surface area (Å²) in [5.74, 6) is -2.06. The van der Waals surface area contributed by atoms with Gasteiger partial charge in [0.05, 0.1) is 18.3 Å². The zero-order valence-corrected chi connectivity index (χ0v) is 14.9. The van der Waals surface area contributed by atoms with Gasteiger partial charge in [0.25, 0.3) is 5.91 Å². The van der Waals surface area contributed by atoms with Crippen molar-refractivity contribution in [2.24, 2.45) is 11.8 Å². The lowest BCUT2D eigenvalue weighted by Crippen LogP contribution is -2.34. The Labute approximate surface area is 157 Å². The van der Waals surface area contributed by atoms with E-state index in [0.717, 1.165) is 10.5 Å². The first kappa shape index (κ1) is 18.8. The van der Waals surface area contributed by atoms with E-state index < -0.39 is 11.9 Å². The van der Waals surface area contributed by atoms with Gasteiger partial charge in [0.15, 0.2) is 6.61 Å². The smallest absolute Gasteiger partial charge is 0.308 e. The molecule has 1 aliphatic heterocycles. The number of amides is 3. The highest BCUT2D eigenvalue weighted by Crippen LogP contribution is 2.34. The SMILES string of the molecule is O=C(COC(=O)CCN1C(=O)[C@@H]2CC=CC[C@H]2C1=O)NCc1ccccc1. The number of fused-ring (bicyclic) bond motifs is 1. The van der Waals surface area contributed by atoms with Crippen molar-refractivity contribution < 1.29 is 23.9 Å². The first-order valence-electron chi connectivity index (χ1n) is 9.02. The van der Waals surface area contributed by atoms with Crippen molar-refractivity contribution >= 4 is 23.7 Å². The van der Waals surface area contributed by atoms with E-state index >= 15 is 0 Å². The molecule has 7 heteroatoms. The summed E-state index contributed by atoms with van der Waals surface area (Å²) >= 11 is 0. The van der Waals surface area contributed by atoms with Crippen molar-refractivity contribution in [1.82, 2.24) is 10.2 Å². The van der Waals surface area contributed by atoms with Gasteiger partial charge in [-0.05, 0) is 18.4 Å². The van der Waals surface area contributed by atoms with Crippen molar-refractivity contribution in [3.63, 3.8) is 0 Å². The van der Waals surface area contributed by atoms with Crippen LogP contribution in [0, 0.1) is 11.8 Å². The summed E-state index contributed by atoms with van der Waals surface area (Å²) in [6, 6.07) is 9.38. The molecule has 7 nitrogen and oxygen atoms in total. The van der Waals surface area contributed by atoms with Crippen molar-refractivity contribution in [2.45, 2.75) is 25.8 Å². The molecule has 0 unspecified atom stereocenters. The summed E-state index contributed by atoms with van der Waals surface area (Å²) in [6.45, 7) is -0.0390. The maximum absolute atomic E-state index is 12.3. The van der Waals surface area contributed by atoms with E-state index in [0.29, 0.717) is 19.4 Å². The van der Waals surface area contributed by atoms with Gasteiger partial charge in [0, 0.05) is 13.1 Å². The molecule has 1 N–H and O–H groups in total. The number of hydrogen-bond acceptors (Lipinski definition) is 5. The molecule has 27 heavy (non-hydrogen) atoms. The van der Waals surface area contributed by atoms with Gasteiger partial charge in [0.1, 0.15) is 0 Å². The summed E-state index contributed by atoms with van der Waals surface area (Å²) in [5, 5.41) is 2.66. The minimum absolute atomic E-state index is 0.00483. The number of likely N-dealkylation sites (tertiary alicyclic amines) is 1. The van der Waals surface area contributed by atoms with Crippen LogP contribution in [-0.2, 0) is 30.5 Å². The average Bonchev–Trinajstić information content (AvgIpc) is 2.94. The number of carbonyl (C=O) groups is 4. The zero-order chi connectivity index (χ0) is 19.2. The molecule has 1 aromatic rings. The van der Waals surface area contributed by atoms with Gasteiger partial charge in [-0.25, -0.2) is 0 Å². The number of hydrogen-bond donors (Lipinski definition) is 1. The van der Waals surface area contributed by atoms with Crippen molar-refractivity contribution in [2.75, 3.05) is 13.2 Å². The van der Waals surface area contributed by atoms with E-state index in [9.17, 15) is 19.2 Å². The van der Waals surface area contributed by atoms with Crippen LogP contribution in [0.2, 0.25) is 0 Å². The van der Waals surface area contributed by atoms with Crippen LogP contribution in [0.25, 0.3) is 0 Å². The number of carbonyl (C=O) groups excluding carboxylic acids is 4. The molecule has 1 aliphatic carbocycles. The Bertz CT molecular complexity index is 733. The monoisotopic (exact) mass is 370 g/mol. The van der Waals surface area contributed by atoms with Crippen LogP contribution in [0.3, 0.4) is 0 Å². The topological polar surface area (TPSA) is 92.8 Å². The van der Waals surface area contributed by atoms with Gasteiger partial charge in [-0.1, -0.05) is 42.5 Å². The van der Waals surface area contributed by atoms with Gasteiger partial charge in [-0.15, -0.1) is 0 Å². The number of nitrogens with one attached hydrogen (secondary N) is 1. The zero-order valence-electron chi connectivity index (χ0n) is 14.9. The molecule has 1 aromatic carbocycles. The number of nitrogens with zero attached hydrogens (tertiary/aromatic N) is 1. The fraction of sp³-hybridized carbons (Fsp3) is 0.400. The lowest BCUT2D eigenvalue weighted by molar-refractivity contribution is -0.150. The molecule has 1 saturated heterocycles. The predicted molar refractivity (Wildman–Crippen MR) is 95.9 cm³/mol. The fourth-order valence-corrected chi connectivity index (χ4v) is 3.36. The highest BCUT2D eigenvalue weighted by atomic mass is 16.5. The van der Waals surface area contributed by atoms with Gasteiger partial charge >= 0.3 is 5.97 Å². The van der Waals surface area contributed by atoms with E-state index in [1.165, 1.54) is 0 Å². The second-order valence-electron chi connectivity index (χ2n) is 6.66. The summed E-state index contributed by atoms with van der Waals surface area (Å²) < 4.78 is 4.93. The lowest BCUT2D eigenvalue weighted by Gasteiger charge is -2.14. The molecule has 0 saturated carbocycles. The molecule has 3 rings (SSSR count). The largest absolute Gasteiger partial charge is 0.456 e. The summed E-state index contributed by atoms with van der Waals surface area (Å²) in [5.41, 5.74) is 0.944. The van der Waals surface area contributed by atoms with Crippen LogP contribution in [0.4, 0.5) is 0 Å². The molecule has 0 radical (unpaired) electrons. The van der Waals surface area contributed by atoms with Gasteiger partial charge < -0.3 is 10.1 Å². The lowest BCUT2D eigenvalue weighted by atomic mass is 9.85. The second-order valence-corrected chi connectivity index (χ2v) is 6.66. The van der Waals surface area contributed by atoms with E-state index in [4.69, 9.17) is 4.74 Å². The minimum atomic E-state index is -0.613. The highest BCUT2D eigenvalue weighted by molar-refractivity contribution is 6.05. The number of esters is 1. The molecule has 0 bridgehead atoms. The van der Waals surface area contributed by atoms with Crippen LogP contribution in [0.1, 0.15) is 24.8 Å². The standard InChI is InChI=1S/C20H22N2O5/c23-17(21-12-14-6-2-1-3-7-14)13-27-18(24)10-11-22-19(25)15-8-4-5-9-16(15)20(22)26/h1-7,15-16H,8-13H2,(H,21,23)/t15-,16-/m1/s1. The fourth-order valence-electron chi connectivity index (χ4n) is 3.36. The summed E-state index contributed by atoms with van der Waals surface area (Å²) in [4.78, 5) is 49.3.